The van der Waals surface area contributed by atoms with Crippen LogP contribution in [0.3, 0.4) is 0 Å². The van der Waals surface area contributed by atoms with E-state index in [2.05, 4.69) is 21.4 Å². The van der Waals surface area contributed by atoms with E-state index in [1.807, 2.05) is 82.3 Å². The van der Waals surface area contributed by atoms with E-state index in [0.717, 1.165) is 69.6 Å². The van der Waals surface area contributed by atoms with Crippen LogP contribution in [0.1, 0.15) is 77.1 Å². The number of carbonyl (C=O) groups excluding carboxylic acids is 3. The molecule has 0 spiro atoms. The number of ether oxygens (including phenoxy) is 2. The lowest BCUT2D eigenvalue weighted by Gasteiger charge is -2.33. The third-order valence-electron chi connectivity index (χ3n) is 11.1. The fraction of sp³-hybridized carbons (Fsp3) is 0.429. The average molecular weight is 779 g/mol. The van der Waals surface area contributed by atoms with Gasteiger partial charge in [-0.2, -0.15) is 0 Å². The van der Waals surface area contributed by atoms with Crippen LogP contribution in [-0.4, -0.2) is 103 Å². The second kappa shape index (κ2) is 16.2. The van der Waals surface area contributed by atoms with Crippen molar-refractivity contribution in [3.63, 3.8) is 0 Å². The second-order valence-electron chi connectivity index (χ2n) is 15.6. The number of hydrogen-bond donors (Lipinski definition) is 4. The summed E-state index contributed by atoms with van der Waals surface area (Å²) in [6.07, 6.45) is 1.37. The van der Waals surface area contributed by atoms with Crippen LogP contribution in [0.2, 0.25) is 0 Å². The number of aromatic nitrogens is 4. The van der Waals surface area contributed by atoms with Gasteiger partial charge in [-0.3, -0.25) is 14.5 Å². The number of amides is 4. The summed E-state index contributed by atoms with van der Waals surface area (Å²) < 4.78 is 11.0. The number of methoxy groups -OCH3 is 1. The maximum Gasteiger partial charge on any atom is 0.407 e. The third kappa shape index (κ3) is 7.96. The van der Waals surface area contributed by atoms with Crippen LogP contribution in [0.15, 0.2) is 60.7 Å². The topological polar surface area (TPSA) is 186 Å². The van der Waals surface area contributed by atoms with Gasteiger partial charge in [-0.05, 0) is 85.0 Å². The molecule has 7 rings (SSSR count). The molecule has 2 aliphatic rings. The quantitative estimate of drug-likeness (QED) is 0.107. The number of fused-ring (bicyclic) bond motifs is 2. The number of benzene rings is 3. The molecule has 2 aromatic heterocycles. The van der Waals surface area contributed by atoms with Crippen molar-refractivity contribution in [1.82, 2.24) is 40.0 Å². The minimum absolute atomic E-state index is 0.116. The normalized spacial score (nSPS) is 18.0. The molecule has 15 nitrogen and oxygen atoms in total. The minimum atomic E-state index is -1.13. The molecule has 0 radical (unpaired) electrons. The van der Waals surface area contributed by atoms with Gasteiger partial charge in [0.2, 0.25) is 11.8 Å². The molecule has 4 atom stereocenters. The van der Waals surface area contributed by atoms with E-state index >= 15 is 0 Å². The molecule has 15 heteroatoms. The van der Waals surface area contributed by atoms with E-state index < -0.39 is 24.3 Å². The number of hydrogen-bond acceptors (Lipinski definition) is 8. The molecule has 0 bridgehead atoms. The van der Waals surface area contributed by atoms with Crippen LogP contribution in [0, 0.1) is 11.8 Å². The van der Waals surface area contributed by atoms with Crippen molar-refractivity contribution in [2.75, 3.05) is 27.2 Å². The summed E-state index contributed by atoms with van der Waals surface area (Å²) in [4.78, 5) is 72.1. The molecule has 0 unspecified atom stereocenters. The molecule has 2 aliphatic heterocycles. The standard InChI is InChI=1S/C42H50N8O7/c1-23(2)35(47-41(53)56-6)39(51)49-19-7-9-33(49)37-43-29-17-13-26(21-31(29)45-37)25-11-14-27(15-12-25)57-28-16-18-30-32(22-28)46-38(44-30)34-10-8-20-50(34)40(52)36(24(3)4)48(5)42(54)55/h11-18,21-24,33-36H,7-10,19-20H2,1-6H3,(H,43,45)(H,44,46)(H,47,53)(H,54,55)/t33-,34-,35-,36-/m0/s1. The van der Waals surface area contributed by atoms with Gasteiger partial charge in [-0.15, -0.1) is 0 Å². The number of carbonyl (C=O) groups is 4. The number of alkyl carbamates (subject to hydrolysis) is 1. The van der Waals surface area contributed by atoms with Crippen molar-refractivity contribution in [3.8, 4) is 22.6 Å². The highest BCUT2D eigenvalue weighted by Crippen LogP contribution is 2.36. The Hall–Kier alpha value is -6.12. The zero-order valence-electron chi connectivity index (χ0n) is 33.1. The Morgan fingerprint density at radius 1 is 0.772 bits per heavy atom. The van der Waals surface area contributed by atoms with Gasteiger partial charge in [0, 0.05) is 26.2 Å². The predicted octanol–water partition coefficient (Wildman–Crippen LogP) is 7.24. The molecule has 4 heterocycles. The van der Waals surface area contributed by atoms with Crippen LogP contribution in [-0.2, 0) is 14.3 Å². The maximum atomic E-state index is 13.6. The number of carboxylic acid groups (broad SMARTS) is 1. The number of nitrogens with one attached hydrogen (secondary N) is 3. The van der Waals surface area contributed by atoms with E-state index in [0.29, 0.717) is 30.4 Å². The maximum absolute atomic E-state index is 13.6. The smallest absolute Gasteiger partial charge is 0.407 e. The highest BCUT2D eigenvalue weighted by atomic mass is 16.5. The molecule has 57 heavy (non-hydrogen) atoms. The minimum Gasteiger partial charge on any atom is -0.465 e. The lowest BCUT2D eigenvalue weighted by molar-refractivity contribution is -0.138. The molecular weight excluding hydrogens is 729 g/mol. The first-order valence-electron chi connectivity index (χ1n) is 19.5. The summed E-state index contributed by atoms with van der Waals surface area (Å²) in [5, 5.41) is 12.3. The highest BCUT2D eigenvalue weighted by Gasteiger charge is 2.40. The fourth-order valence-electron chi connectivity index (χ4n) is 8.14. The van der Waals surface area contributed by atoms with Crippen molar-refractivity contribution < 1.29 is 33.8 Å². The molecular formula is C42H50N8O7. The first-order valence-corrected chi connectivity index (χ1v) is 19.5. The number of H-pyrrole nitrogens is 2. The van der Waals surface area contributed by atoms with Gasteiger partial charge < -0.3 is 39.7 Å². The molecule has 2 fully saturated rings. The van der Waals surface area contributed by atoms with Gasteiger partial charge in [0.05, 0.1) is 41.3 Å². The summed E-state index contributed by atoms with van der Waals surface area (Å²) in [6.45, 7) is 8.62. The van der Waals surface area contributed by atoms with E-state index in [1.165, 1.54) is 14.2 Å². The fourth-order valence-corrected chi connectivity index (χ4v) is 8.14. The summed E-state index contributed by atoms with van der Waals surface area (Å²) in [6, 6.07) is 17.5. The first-order chi connectivity index (χ1) is 27.3. The van der Waals surface area contributed by atoms with Crippen LogP contribution < -0.4 is 10.1 Å². The Kier molecular flexibility index (Phi) is 11.1. The Morgan fingerprint density at radius 2 is 1.32 bits per heavy atom. The predicted molar refractivity (Wildman–Crippen MR) is 214 cm³/mol. The Morgan fingerprint density at radius 3 is 1.88 bits per heavy atom. The largest absolute Gasteiger partial charge is 0.465 e. The summed E-state index contributed by atoms with van der Waals surface area (Å²) in [7, 11) is 2.73. The molecule has 2 saturated heterocycles. The van der Waals surface area contributed by atoms with Crippen LogP contribution in [0.25, 0.3) is 33.2 Å². The number of rotatable bonds is 11. The van der Waals surface area contributed by atoms with Gasteiger partial charge in [0.25, 0.3) is 0 Å². The van der Waals surface area contributed by atoms with E-state index in [-0.39, 0.29) is 35.7 Å². The Labute approximate surface area is 330 Å². The lowest BCUT2D eigenvalue weighted by atomic mass is 10.0. The zero-order chi connectivity index (χ0) is 40.5. The Balaban J connectivity index is 1.03. The van der Waals surface area contributed by atoms with E-state index in [4.69, 9.17) is 19.4 Å². The number of likely N-dealkylation sites (N-methyl/N-ethyl adjacent to an activating group) is 1. The number of likely N-dealkylation sites (tertiary alicyclic amines) is 2. The van der Waals surface area contributed by atoms with Crippen molar-refractivity contribution >= 4 is 46.1 Å². The zero-order valence-corrected chi connectivity index (χ0v) is 33.1. The Bertz CT molecular complexity index is 2280. The molecule has 4 amide bonds. The molecule has 300 valence electrons. The van der Waals surface area contributed by atoms with Crippen molar-refractivity contribution in [1.29, 1.82) is 0 Å². The molecule has 3 aromatic carbocycles. The van der Waals surface area contributed by atoms with Gasteiger partial charge in [-0.1, -0.05) is 45.9 Å². The number of aromatic amines is 2. The lowest BCUT2D eigenvalue weighted by Crippen LogP contribution is -2.51. The van der Waals surface area contributed by atoms with Gasteiger partial charge in [-0.25, -0.2) is 19.6 Å². The van der Waals surface area contributed by atoms with Crippen LogP contribution in [0.4, 0.5) is 9.59 Å². The number of imidazole rings is 2. The average Bonchev–Trinajstić information content (AvgIpc) is 4.01. The SMILES string of the molecule is COC(=O)N[C@H](C(=O)N1CCC[C@H]1c1nc2ccc(-c3ccc(Oc4ccc5nc([C@@H]6CCCN6C(=O)[C@H](C(C)C)N(C)C(=O)O)[nH]c5c4)cc3)cc2[nH]1)C(C)C. The summed E-state index contributed by atoms with van der Waals surface area (Å²) in [5.74, 6) is 2.00. The van der Waals surface area contributed by atoms with E-state index in [1.54, 1.807) is 9.80 Å². The van der Waals surface area contributed by atoms with Crippen molar-refractivity contribution in [2.24, 2.45) is 11.8 Å². The van der Waals surface area contributed by atoms with Gasteiger partial charge in [0.15, 0.2) is 0 Å². The highest BCUT2D eigenvalue weighted by molar-refractivity contribution is 5.88. The van der Waals surface area contributed by atoms with Crippen molar-refractivity contribution in [3.05, 3.63) is 72.3 Å². The van der Waals surface area contributed by atoms with E-state index in [9.17, 15) is 24.3 Å². The van der Waals surface area contributed by atoms with Crippen LogP contribution in [0.5, 0.6) is 11.5 Å². The van der Waals surface area contributed by atoms with Crippen molar-refractivity contribution in [2.45, 2.75) is 77.5 Å². The molecule has 4 N–H and O–H groups in total. The second-order valence-corrected chi connectivity index (χ2v) is 15.6. The molecule has 0 saturated carbocycles. The molecule has 0 aliphatic carbocycles. The monoisotopic (exact) mass is 778 g/mol. The summed E-state index contributed by atoms with van der Waals surface area (Å²) >= 11 is 0. The van der Waals surface area contributed by atoms with Crippen LogP contribution >= 0.6 is 0 Å². The number of nitrogens with zero attached hydrogens (tertiary/aromatic N) is 5. The van der Waals surface area contributed by atoms with Gasteiger partial charge >= 0.3 is 12.2 Å². The third-order valence-corrected chi connectivity index (χ3v) is 11.1. The first kappa shape index (κ1) is 39.1. The van der Waals surface area contributed by atoms with Gasteiger partial charge in [0.1, 0.15) is 35.2 Å². The molecule has 5 aromatic rings. The summed E-state index contributed by atoms with van der Waals surface area (Å²) in [5.41, 5.74) is 5.17.